The van der Waals surface area contributed by atoms with Gasteiger partial charge in [0, 0.05) is 0 Å². The monoisotopic (exact) mass is 235 g/mol. The summed E-state index contributed by atoms with van der Waals surface area (Å²) in [6.45, 7) is 7.90. The maximum Gasteiger partial charge on any atom is 0.137 e. The molecule has 1 unspecified atom stereocenters. The van der Waals surface area contributed by atoms with Crippen molar-refractivity contribution in [2.45, 2.75) is 45.7 Å². The van der Waals surface area contributed by atoms with Crippen molar-refractivity contribution < 1.29 is 4.39 Å². The third-order valence-corrected chi connectivity index (χ3v) is 3.95. The Kier molecular flexibility index (Phi) is 3.53. The molecule has 1 saturated heterocycles. The predicted octanol–water partition coefficient (Wildman–Crippen LogP) is 3.55. The van der Waals surface area contributed by atoms with E-state index in [2.05, 4.69) is 31.3 Å². The van der Waals surface area contributed by atoms with Crippen molar-refractivity contribution in [3.05, 3.63) is 34.4 Å². The standard InChI is InChI=1S/C15H22FN/c1-11-9-13(3)14(10-12(11)2)15(16)5-4-7-17-8-6-15/h9-10,17H,4-8H2,1-3H3. The van der Waals surface area contributed by atoms with Crippen molar-refractivity contribution >= 4 is 0 Å². The summed E-state index contributed by atoms with van der Waals surface area (Å²) in [7, 11) is 0. The number of rotatable bonds is 1. The first-order chi connectivity index (χ1) is 8.03. The van der Waals surface area contributed by atoms with Crippen LogP contribution in [0.25, 0.3) is 0 Å². The Morgan fingerprint density at radius 3 is 2.47 bits per heavy atom. The van der Waals surface area contributed by atoms with Crippen LogP contribution in [0.1, 0.15) is 41.5 Å². The molecular formula is C15H22FN. The van der Waals surface area contributed by atoms with Gasteiger partial charge in [0.05, 0.1) is 0 Å². The van der Waals surface area contributed by atoms with Crippen LogP contribution < -0.4 is 5.32 Å². The van der Waals surface area contributed by atoms with Gasteiger partial charge in [-0.2, -0.15) is 0 Å². The van der Waals surface area contributed by atoms with Crippen molar-refractivity contribution in [1.82, 2.24) is 5.32 Å². The third-order valence-electron chi connectivity index (χ3n) is 3.95. The van der Waals surface area contributed by atoms with Gasteiger partial charge in [0.15, 0.2) is 0 Å². The van der Waals surface area contributed by atoms with Gasteiger partial charge in [0.2, 0.25) is 0 Å². The van der Waals surface area contributed by atoms with Crippen molar-refractivity contribution in [3.8, 4) is 0 Å². The fraction of sp³-hybridized carbons (Fsp3) is 0.600. The molecule has 0 aliphatic carbocycles. The average molecular weight is 235 g/mol. The minimum Gasteiger partial charge on any atom is -0.317 e. The molecule has 1 fully saturated rings. The number of alkyl halides is 1. The molecule has 0 spiro atoms. The molecule has 1 aliphatic rings. The van der Waals surface area contributed by atoms with E-state index in [0.717, 1.165) is 30.6 Å². The molecule has 0 radical (unpaired) electrons. The van der Waals surface area contributed by atoms with Crippen LogP contribution in [0.5, 0.6) is 0 Å². The lowest BCUT2D eigenvalue weighted by atomic mass is 9.84. The number of aryl methyl sites for hydroxylation is 3. The van der Waals surface area contributed by atoms with Gasteiger partial charge >= 0.3 is 0 Å². The molecule has 2 rings (SSSR count). The fourth-order valence-corrected chi connectivity index (χ4v) is 2.74. The quantitative estimate of drug-likeness (QED) is 0.785. The zero-order valence-corrected chi connectivity index (χ0v) is 11.1. The molecule has 0 amide bonds. The second-order valence-corrected chi connectivity index (χ2v) is 5.32. The van der Waals surface area contributed by atoms with Crippen LogP contribution in [0.3, 0.4) is 0 Å². The summed E-state index contributed by atoms with van der Waals surface area (Å²) in [4.78, 5) is 0. The molecule has 1 heterocycles. The van der Waals surface area contributed by atoms with Gasteiger partial charge in [0.25, 0.3) is 0 Å². The number of nitrogens with one attached hydrogen (secondary N) is 1. The molecular weight excluding hydrogens is 213 g/mol. The summed E-state index contributed by atoms with van der Waals surface area (Å²) in [6, 6.07) is 4.17. The Bertz CT molecular complexity index is 404. The van der Waals surface area contributed by atoms with Crippen molar-refractivity contribution in [3.63, 3.8) is 0 Å². The van der Waals surface area contributed by atoms with Crippen molar-refractivity contribution in [1.29, 1.82) is 0 Å². The number of hydrogen-bond acceptors (Lipinski definition) is 1. The van der Waals surface area contributed by atoms with E-state index < -0.39 is 5.67 Å². The second kappa shape index (κ2) is 4.77. The minimum absolute atomic E-state index is 0.594. The van der Waals surface area contributed by atoms with Crippen molar-refractivity contribution in [2.24, 2.45) is 0 Å². The first kappa shape index (κ1) is 12.6. The first-order valence-corrected chi connectivity index (χ1v) is 6.51. The van der Waals surface area contributed by atoms with E-state index in [1.807, 2.05) is 6.92 Å². The summed E-state index contributed by atoms with van der Waals surface area (Å²) in [5.74, 6) is 0. The van der Waals surface area contributed by atoms with Crippen LogP contribution in [0.4, 0.5) is 4.39 Å². The second-order valence-electron chi connectivity index (χ2n) is 5.32. The topological polar surface area (TPSA) is 12.0 Å². The van der Waals surface area contributed by atoms with Gasteiger partial charge in [-0.3, -0.25) is 0 Å². The minimum atomic E-state index is -1.13. The Labute approximate surface area is 103 Å². The molecule has 1 atom stereocenters. The molecule has 1 nitrogen and oxygen atoms in total. The van der Waals surface area contributed by atoms with Crippen LogP contribution in [0.15, 0.2) is 12.1 Å². The molecule has 0 bridgehead atoms. The normalized spacial score (nSPS) is 25.6. The molecule has 0 saturated carbocycles. The van der Waals surface area contributed by atoms with E-state index in [-0.39, 0.29) is 0 Å². The Morgan fingerprint density at radius 2 is 1.71 bits per heavy atom. The molecule has 0 aromatic heterocycles. The Balaban J connectivity index is 2.40. The number of hydrogen-bond donors (Lipinski definition) is 1. The van der Waals surface area contributed by atoms with Crippen LogP contribution in [0, 0.1) is 20.8 Å². The smallest absolute Gasteiger partial charge is 0.137 e. The molecule has 2 heteroatoms. The lowest BCUT2D eigenvalue weighted by Crippen LogP contribution is -2.23. The Hall–Kier alpha value is -0.890. The van der Waals surface area contributed by atoms with E-state index in [9.17, 15) is 0 Å². The molecule has 1 aliphatic heterocycles. The molecule has 17 heavy (non-hydrogen) atoms. The summed E-state index contributed by atoms with van der Waals surface area (Å²) in [6.07, 6.45) is 2.16. The summed E-state index contributed by atoms with van der Waals surface area (Å²) in [5, 5.41) is 3.28. The highest BCUT2D eigenvalue weighted by molar-refractivity contribution is 5.40. The first-order valence-electron chi connectivity index (χ1n) is 6.51. The van der Waals surface area contributed by atoms with Gasteiger partial charge in [-0.1, -0.05) is 12.1 Å². The largest absolute Gasteiger partial charge is 0.317 e. The lowest BCUT2D eigenvalue weighted by molar-refractivity contribution is 0.144. The van der Waals surface area contributed by atoms with Crippen LogP contribution in [0.2, 0.25) is 0 Å². The van der Waals surface area contributed by atoms with Gasteiger partial charge in [0.1, 0.15) is 5.67 Å². The van der Waals surface area contributed by atoms with E-state index in [1.54, 1.807) is 0 Å². The summed E-state index contributed by atoms with van der Waals surface area (Å²) in [5.41, 5.74) is 3.31. The maximum absolute atomic E-state index is 15.1. The van der Waals surface area contributed by atoms with E-state index >= 15 is 4.39 Å². The lowest BCUT2D eigenvalue weighted by Gasteiger charge is -2.26. The molecule has 1 aromatic rings. The number of halogens is 1. The molecule has 1 N–H and O–H groups in total. The maximum atomic E-state index is 15.1. The van der Waals surface area contributed by atoms with E-state index in [1.165, 1.54) is 11.1 Å². The zero-order valence-electron chi connectivity index (χ0n) is 11.1. The highest BCUT2D eigenvalue weighted by Crippen LogP contribution is 2.38. The van der Waals surface area contributed by atoms with Gasteiger partial charge in [-0.05, 0) is 75.4 Å². The zero-order chi connectivity index (χ0) is 12.5. The SMILES string of the molecule is Cc1cc(C)c(C2(F)CCCNCC2)cc1C. The molecule has 1 aromatic carbocycles. The summed E-state index contributed by atoms with van der Waals surface area (Å²) < 4.78 is 15.1. The van der Waals surface area contributed by atoms with Crippen LogP contribution >= 0.6 is 0 Å². The van der Waals surface area contributed by atoms with Crippen LogP contribution in [-0.2, 0) is 5.67 Å². The van der Waals surface area contributed by atoms with Gasteiger partial charge in [-0.15, -0.1) is 0 Å². The highest BCUT2D eigenvalue weighted by atomic mass is 19.1. The van der Waals surface area contributed by atoms with Crippen LogP contribution in [-0.4, -0.2) is 13.1 Å². The van der Waals surface area contributed by atoms with Crippen molar-refractivity contribution in [2.75, 3.05) is 13.1 Å². The van der Waals surface area contributed by atoms with E-state index in [0.29, 0.717) is 12.8 Å². The Morgan fingerprint density at radius 1 is 1.00 bits per heavy atom. The average Bonchev–Trinajstić information content (AvgIpc) is 2.49. The fourth-order valence-electron chi connectivity index (χ4n) is 2.74. The van der Waals surface area contributed by atoms with Gasteiger partial charge < -0.3 is 5.32 Å². The molecule has 94 valence electrons. The predicted molar refractivity (Wildman–Crippen MR) is 70.2 cm³/mol. The van der Waals surface area contributed by atoms with E-state index in [4.69, 9.17) is 0 Å². The summed E-state index contributed by atoms with van der Waals surface area (Å²) >= 11 is 0. The number of benzene rings is 1. The third kappa shape index (κ3) is 2.52. The van der Waals surface area contributed by atoms with Gasteiger partial charge in [-0.25, -0.2) is 4.39 Å². The highest BCUT2D eigenvalue weighted by Gasteiger charge is 2.33.